The molecule has 0 amide bonds. The van der Waals surface area contributed by atoms with Gasteiger partial charge in [0.25, 0.3) is 0 Å². The quantitative estimate of drug-likeness (QED) is 0.864. The second kappa shape index (κ2) is 5.06. The molecule has 2 aliphatic rings. The van der Waals surface area contributed by atoms with Gasteiger partial charge in [-0.2, -0.15) is 0 Å². The van der Waals surface area contributed by atoms with E-state index in [1.54, 1.807) is 7.11 Å². The largest absolute Gasteiger partial charge is 0.504 e. The summed E-state index contributed by atoms with van der Waals surface area (Å²) < 4.78 is 5.35. The van der Waals surface area contributed by atoms with Gasteiger partial charge in [-0.3, -0.25) is 0 Å². The first-order valence-corrected chi connectivity index (χ1v) is 7.75. The number of methoxy groups -OCH3 is 1. The number of likely N-dealkylation sites (N-methyl/N-ethyl adjacent to an activating group) is 1. The molecule has 3 rings (SSSR count). The topological polar surface area (TPSA) is 32.7 Å². The van der Waals surface area contributed by atoms with Crippen LogP contribution in [-0.4, -0.2) is 36.8 Å². The molecule has 3 heteroatoms. The molecule has 2 bridgehead atoms. The summed E-state index contributed by atoms with van der Waals surface area (Å²) in [6.45, 7) is 7.21. The van der Waals surface area contributed by atoms with Gasteiger partial charge in [-0.05, 0) is 43.9 Å². The maximum Gasteiger partial charge on any atom is 0.161 e. The first kappa shape index (κ1) is 14.5. The summed E-state index contributed by atoms with van der Waals surface area (Å²) in [5.41, 5.74) is 2.42. The number of ether oxygens (including phenoxy) is 1. The fraction of sp³-hybridized carbons (Fsp3) is 0.556. The molecule has 0 saturated carbocycles. The highest BCUT2D eigenvalue weighted by atomic mass is 16.5. The fourth-order valence-electron chi connectivity index (χ4n) is 4.62. The molecule has 1 aromatic rings. The molecule has 0 aromatic heterocycles. The molecule has 1 aliphatic heterocycles. The van der Waals surface area contributed by atoms with Crippen molar-refractivity contribution in [3.05, 3.63) is 35.9 Å². The van der Waals surface area contributed by atoms with E-state index in [2.05, 4.69) is 31.5 Å². The second-order valence-electron chi connectivity index (χ2n) is 6.61. The maximum absolute atomic E-state index is 10.8. The smallest absolute Gasteiger partial charge is 0.161 e. The van der Waals surface area contributed by atoms with Gasteiger partial charge in [0.05, 0.1) is 7.11 Å². The van der Waals surface area contributed by atoms with E-state index in [1.807, 2.05) is 12.1 Å². The van der Waals surface area contributed by atoms with Crippen LogP contribution in [0.4, 0.5) is 0 Å². The monoisotopic (exact) mass is 287 g/mol. The van der Waals surface area contributed by atoms with Crippen molar-refractivity contribution < 1.29 is 9.84 Å². The molecule has 1 N–H and O–H groups in total. The van der Waals surface area contributed by atoms with Crippen LogP contribution >= 0.6 is 0 Å². The van der Waals surface area contributed by atoms with Crippen LogP contribution in [0, 0.1) is 5.92 Å². The Balaban J connectivity index is 2.19. The van der Waals surface area contributed by atoms with Gasteiger partial charge in [-0.25, -0.2) is 0 Å². The van der Waals surface area contributed by atoms with Gasteiger partial charge in [0.2, 0.25) is 0 Å². The van der Waals surface area contributed by atoms with E-state index in [0.29, 0.717) is 23.5 Å². The molecule has 114 valence electrons. The van der Waals surface area contributed by atoms with Crippen molar-refractivity contribution in [2.24, 2.45) is 5.92 Å². The standard InChI is InChI=1S/C18H25NO2/c1-5-6-9-18-11-19(3)14(12(18)2)10-13-7-8-15(21-4)17(20)16(13)18/h5,7-8,12,14,20H,1,6,9-11H2,2-4H3. The lowest BCUT2D eigenvalue weighted by Crippen LogP contribution is -2.40. The van der Waals surface area contributed by atoms with Crippen molar-refractivity contribution in [1.82, 2.24) is 4.90 Å². The van der Waals surface area contributed by atoms with E-state index < -0.39 is 0 Å². The highest BCUT2D eigenvalue weighted by Crippen LogP contribution is 2.55. The van der Waals surface area contributed by atoms with E-state index in [0.717, 1.165) is 31.4 Å². The summed E-state index contributed by atoms with van der Waals surface area (Å²) in [7, 11) is 3.82. The summed E-state index contributed by atoms with van der Waals surface area (Å²) in [4.78, 5) is 2.46. The van der Waals surface area contributed by atoms with Crippen molar-refractivity contribution in [2.45, 2.75) is 37.6 Å². The molecule has 1 saturated heterocycles. The number of phenols is 1. The number of likely N-dealkylation sites (tertiary alicyclic amines) is 1. The van der Waals surface area contributed by atoms with Crippen molar-refractivity contribution in [1.29, 1.82) is 0 Å². The maximum atomic E-state index is 10.8. The zero-order valence-corrected chi connectivity index (χ0v) is 13.2. The van der Waals surface area contributed by atoms with Gasteiger partial charge < -0.3 is 14.7 Å². The van der Waals surface area contributed by atoms with E-state index in [1.165, 1.54) is 5.56 Å². The molecule has 21 heavy (non-hydrogen) atoms. The number of phenolic OH excluding ortho intramolecular Hbond substituents is 1. The third-order valence-corrected chi connectivity index (χ3v) is 5.72. The van der Waals surface area contributed by atoms with Crippen molar-refractivity contribution in [3.8, 4) is 11.5 Å². The predicted molar refractivity (Wildman–Crippen MR) is 85.1 cm³/mol. The van der Waals surface area contributed by atoms with Crippen LogP contribution in [0.25, 0.3) is 0 Å². The van der Waals surface area contributed by atoms with Crippen LogP contribution < -0.4 is 4.74 Å². The Hall–Kier alpha value is -1.48. The second-order valence-corrected chi connectivity index (χ2v) is 6.61. The number of benzene rings is 1. The minimum atomic E-state index is 0.0137. The first-order chi connectivity index (χ1) is 10.0. The van der Waals surface area contributed by atoms with Crippen LogP contribution in [0.2, 0.25) is 0 Å². The third-order valence-electron chi connectivity index (χ3n) is 5.72. The summed E-state index contributed by atoms with van der Waals surface area (Å²) in [6, 6.07) is 4.59. The summed E-state index contributed by atoms with van der Waals surface area (Å²) in [5.74, 6) is 1.47. The highest BCUT2D eigenvalue weighted by molar-refractivity contribution is 5.56. The predicted octanol–water partition coefficient (Wildman–Crippen LogP) is 3.11. The number of allylic oxidation sites excluding steroid dienone is 1. The molecule has 1 aliphatic carbocycles. The van der Waals surface area contributed by atoms with Crippen LogP contribution in [0.3, 0.4) is 0 Å². The van der Waals surface area contributed by atoms with Gasteiger partial charge in [0, 0.05) is 23.6 Å². The van der Waals surface area contributed by atoms with Crippen LogP contribution in [-0.2, 0) is 11.8 Å². The number of nitrogens with zero attached hydrogens (tertiary/aromatic N) is 1. The van der Waals surface area contributed by atoms with Crippen molar-refractivity contribution in [2.75, 3.05) is 20.7 Å². The molecule has 3 atom stereocenters. The summed E-state index contributed by atoms with van der Waals surface area (Å²) in [5, 5.41) is 10.8. The van der Waals surface area contributed by atoms with E-state index in [-0.39, 0.29) is 5.41 Å². The lowest BCUT2D eigenvalue weighted by atomic mass is 9.62. The Kier molecular flexibility index (Phi) is 3.48. The average Bonchev–Trinajstić information content (AvgIpc) is 2.63. The zero-order chi connectivity index (χ0) is 15.2. The minimum Gasteiger partial charge on any atom is -0.504 e. The minimum absolute atomic E-state index is 0.0137. The normalized spacial score (nSPS) is 31.0. The zero-order valence-electron chi connectivity index (χ0n) is 13.2. The lowest BCUT2D eigenvalue weighted by molar-refractivity contribution is 0.255. The van der Waals surface area contributed by atoms with Gasteiger partial charge in [0.15, 0.2) is 11.5 Å². The Morgan fingerprint density at radius 3 is 2.95 bits per heavy atom. The fourth-order valence-corrected chi connectivity index (χ4v) is 4.62. The van der Waals surface area contributed by atoms with Crippen LogP contribution in [0.1, 0.15) is 30.9 Å². The average molecular weight is 287 g/mol. The Morgan fingerprint density at radius 2 is 2.29 bits per heavy atom. The molecule has 1 aromatic carbocycles. The molecular formula is C18H25NO2. The number of aromatic hydroxyl groups is 1. The SMILES string of the molecule is C=CCCC12CN(C)C(Cc3ccc(OC)c(O)c31)C2C. The van der Waals surface area contributed by atoms with E-state index >= 15 is 0 Å². The molecule has 3 unspecified atom stereocenters. The Labute approximate surface area is 127 Å². The molecule has 1 heterocycles. The molecule has 1 fully saturated rings. The van der Waals surface area contributed by atoms with Crippen LogP contribution in [0.15, 0.2) is 24.8 Å². The molecule has 0 spiro atoms. The highest BCUT2D eigenvalue weighted by Gasteiger charge is 2.54. The molecule has 0 radical (unpaired) electrons. The summed E-state index contributed by atoms with van der Waals surface area (Å²) in [6.07, 6.45) is 5.01. The molecule has 3 nitrogen and oxygen atoms in total. The number of rotatable bonds is 4. The van der Waals surface area contributed by atoms with Gasteiger partial charge >= 0.3 is 0 Å². The third kappa shape index (κ3) is 1.90. The summed E-state index contributed by atoms with van der Waals surface area (Å²) >= 11 is 0. The van der Waals surface area contributed by atoms with Gasteiger partial charge in [-0.15, -0.1) is 6.58 Å². The molecular weight excluding hydrogens is 262 g/mol. The van der Waals surface area contributed by atoms with Gasteiger partial charge in [-0.1, -0.05) is 19.1 Å². The van der Waals surface area contributed by atoms with Crippen molar-refractivity contribution >= 4 is 0 Å². The van der Waals surface area contributed by atoms with Crippen LogP contribution in [0.5, 0.6) is 11.5 Å². The lowest BCUT2D eigenvalue weighted by Gasteiger charge is -2.41. The number of hydrogen-bond acceptors (Lipinski definition) is 3. The first-order valence-electron chi connectivity index (χ1n) is 7.75. The Morgan fingerprint density at radius 1 is 1.52 bits per heavy atom. The van der Waals surface area contributed by atoms with Gasteiger partial charge in [0.1, 0.15) is 0 Å². The van der Waals surface area contributed by atoms with Crippen molar-refractivity contribution in [3.63, 3.8) is 0 Å². The van der Waals surface area contributed by atoms with E-state index in [9.17, 15) is 5.11 Å². The Bertz CT molecular complexity index is 569. The number of hydrogen-bond donors (Lipinski definition) is 1. The number of fused-ring (bicyclic) bond motifs is 4. The van der Waals surface area contributed by atoms with E-state index in [4.69, 9.17) is 4.74 Å².